The van der Waals surface area contributed by atoms with E-state index in [0.29, 0.717) is 23.9 Å². The third kappa shape index (κ3) is 20.8. The first-order chi connectivity index (χ1) is 24.1. The second kappa shape index (κ2) is 27.4. The molecule has 0 saturated heterocycles. The molecule has 0 fully saturated rings. The topological polar surface area (TPSA) is 200 Å². The van der Waals surface area contributed by atoms with E-state index in [1.165, 1.54) is 31.8 Å². The number of aromatic amines is 5. The van der Waals surface area contributed by atoms with Crippen LogP contribution in [0, 0.1) is 23.9 Å². The minimum Gasteiger partial charge on any atom is -0.459 e. The van der Waals surface area contributed by atoms with Crippen LogP contribution < -0.4 is 19.1 Å². The van der Waals surface area contributed by atoms with Gasteiger partial charge in [-0.05, 0) is 73.9 Å². The maximum Gasteiger partial charge on any atom is 0.326 e. The normalized spacial score (nSPS) is 9.56. The zero-order valence-corrected chi connectivity index (χ0v) is 31.9. The van der Waals surface area contributed by atoms with E-state index in [0.717, 1.165) is 31.9 Å². The summed E-state index contributed by atoms with van der Waals surface area (Å²) < 4.78 is 17.9. The first kappa shape index (κ1) is 43.6. The summed E-state index contributed by atoms with van der Waals surface area (Å²) in [4.78, 5) is 42.9. The van der Waals surface area contributed by atoms with Gasteiger partial charge in [0, 0.05) is 13.1 Å². The van der Waals surface area contributed by atoms with E-state index in [2.05, 4.69) is 98.3 Å². The largest absolute Gasteiger partial charge is 0.459 e. The van der Waals surface area contributed by atoms with E-state index in [-0.39, 0.29) is 37.9 Å². The molecule has 21 heteroatoms. The lowest BCUT2D eigenvalue weighted by Gasteiger charge is -2.22. The van der Waals surface area contributed by atoms with Gasteiger partial charge in [-0.1, -0.05) is 64.7 Å². The molecule has 0 saturated carbocycles. The van der Waals surface area contributed by atoms with E-state index in [1.54, 1.807) is 18.2 Å². The molecule has 270 valence electrons. The van der Waals surface area contributed by atoms with Gasteiger partial charge in [-0.3, -0.25) is 0 Å². The molecule has 0 aromatic carbocycles. The Kier molecular flexibility index (Phi) is 23.9. The van der Waals surface area contributed by atoms with E-state index in [4.69, 9.17) is 75.3 Å². The van der Waals surface area contributed by atoms with Gasteiger partial charge in [0.05, 0.1) is 0 Å². The summed E-state index contributed by atoms with van der Waals surface area (Å²) in [5.74, 6) is 0.792. The Labute approximate surface area is 315 Å². The van der Waals surface area contributed by atoms with Gasteiger partial charge in [-0.25, -0.2) is 15.0 Å². The fourth-order valence-electron chi connectivity index (χ4n) is 3.08. The molecule has 4 aromatic rings. The Morgan fingerprint density at radius 2 is 0.940 bits per heavy atom. The van der Waals surface area contributed by atoms with Crippen molar-refractivity contribution in [3.63, 3.8) is 0 Å². The van der Waals surface area contributed by atoms with Crippen LogP contribution in [0.2, 0.25) is 0 Å². The molecular formula is C29H41N13O3S5. The number of hydrogen-bond acceptors (Lipinski definition) is 16. The van der Waals surface area contributed by atoms with Gasteiger partial charge in [0.25, 0.3) is 0 Å². The van der Waals surface area contributed by atoms with Crippen LogP contribution in [0.5, 0.6) is 18.0 Å². The van der Waals surface area contributed by atoms with E-state index in [1.807, 2.05) is 0 Å². The fraction of sp³-hybridized carbons (Fsp3) is 0.379. The second-order valence-electron chi connectivity index (χ2n) is 9.15. The standard InChI is InChI=1S/C12H15N3O3.C11H20N4S2.C3H3N3S3.C3H3N3/c1-4-7-16-10-13-11(17-8-5-2)15-12(14-10)18-9-6-3;1-3-5-7-15(8-6-4-2)9-12-10(16)14-11(17)13-9;7-1-4-2(8)6-3(9)5-1;1-4-2-6-3-5-1/h4-6H,1-3,7-9H2;3-8H2,1-2H3,(H2,12,13,14,16,17);(H3,4,5,6,7,8,9);1-3H. The average Bonchev–Trinajstić information content (AvgIpc) is 3.09. The summed E-state index contributed by atoms with van der Waals surface area (Å²) >= 11 is 24.3. The lowest BCUT2D eigenvalue weighted by atomic mass is 10.3. The molecule has 0 spiro atoms. The molecule has 0 bridgehead atoms. The van der Waals surface area contributed by atoms with E-state index >= 15 is 0 Å². The third-order valence-corrected chi connectivity index (χ3v) is 6.17. The molecule has 0 aliphatic carbocycles. The Bertz CT molecular complexity index is 1630. The number of rotatable bonds is 16. The number of nitrogens with one attached hydrogen (secondary N) is 5. The second-order valence-corrected chi connectivity index (χ2v) is 11.2. The van der Waals surface area contributed by atoms with Crippen molar-refractivity contribution in [2.45, 2.75) is 39.5 Å². The number of aromatic nitrogens is 12. The molecule has 0 aliphatic heterocycles. The molecule has 0 atom stereocenters. The minimum atomic E-state index is 0.114. The summed E-state index contributed by atoms with van der Waals surface area (Å²) in [6.45, 7) is 17.8. The van der Waals surface area contributed by atoms with Crippen molar-refractivity contribution >= 4 is 67.0 Å². The van der Waals surface area contributed by atoms with Crippen molar-refractivity contribution in [1.29, 1.82) is 0 Å². The van der Waals surface area contributed by atoms with Gasteiger partial charge in [0.2, 0.25) is 10.7 Å². The molecule has 4 rings (SSSR count). The molecule has 4 heterocycles. The quantitative estimate of drug-likeness (QED) is 0.0580. The number of nitrogens with zero attached hydrogens (tertiary/aromatic N) is 8. The summed E-state index contributed by atoms with van der Waals surface area (Å²) in [5, 5.41) is 0. The van der Waals surface area contributed by atoms with Crippen molar-refractivity contribution < 1.29 is 14.2 Å². The Morgan fingerprint density at radius 1 is 0.580 bits per heavy atom. The van der Waals surface area contributed by atoms with Crippen LogP contribution in [-0.2, 0) is 0 Å². The average molecular weight is 780 g/mol. The third-order valence-electron chi connectivity index (χ3n) is 5.16. The van der Waals surface area contributed by atoms with Crippen molar-refractivity contribution in [2.75, 3.05) is 37.8 Å². The van der Waals surface area contributed by atoms with Gasteiger partial charge in [-0.2, -0.15) is 4.98 Å². The van der Waals surface area contributed by atoms with Crippen LogP contribution in [0.4, 0.5) is 5.95 Å². The van der Waals surface area contributed by atoms with Crippen LogP contribution in [0.25, 0.3) is 0 Å². The molecular weight excluding hydrogens is 739 g/mol. The monoisotopic (exact) mass is 779 g/mol. The zero-order valence-electron chi connectivity index (χ0n) is 27.8. The Hall–Kier alpha value is -4.44. The SMILES string of the molecule is C=CCOc1nc(OCC=C)nc(OCC=C)n1.CCCCN(CCCC)c1nc(=S)[nH]c(=S)[nH]1.S=c1[nH]c(=S)[nH]c(=S)[nH]1.c1ncncn1. The van der Waals surface area contributed by atoms with E-state index < -0.39 is 0 Å². The first-order valence-electron chi connectivity index (χ1n) is 15.1. The van der Waals surface area contributed by atoms with Gasteiger partial charge in [-0.15, -0.1) is 15.0 Å². The Morgan fingerprint density at radius 3 is 1.24 bits per heavy atom. The number of H-pyrrole nitrogens is 5. The first-order valence-corrected chi connectivity index (χ1v) is 17.1. The van der Waals surface area contributed by atoms with Crippen LogP contribution in [0.15, 0.2) is 56.9 Å². The maximum atomic E-state index is 5.20. The molecule has 4 aromatic heterocycles. The van der Waals surface area contributed by atoms with Crippen LogP contribution >= 0.6 is 61.1 Å². The van der Waals surface area contributed by atoms with Crippen molar-refractivity contribution in [3.05, 3.63) is 80.8 Å². The highest BCUT2D eigenvalue weighted by molar-refractivity contribution is 7.72. The highest BCUT2D eigenvalue weighted by atomic mass is 32.1. The molecule has 16 nitrogen and oxygen atoms in total. The lowest BCUT2D eigenvalue weighted by Crippen LogP contribution is -2.27. The Balaban J connectivity index is 0.000000358. The van der Waals surface area contributed by atoms with Gasteiger partial charge < -0.3 is 44.0 Å². The predicted octanol–water partition coefficient (Wildman–Crippen LogP) is 6.90. The highest BCUT2D eigenvalue weighted by Gasteiger charge is 2.09. The zero-order chi connectivity index (χ0) is 37.0. The van der Waals surface area contributed by atoms with Gasteiger partial charge >= 0.3 is 18.0 Å². The van der Waals surface area contributed by atoms with E-state index in [9.17, 15) is 0 Å². The molecule has 0 radical (unpaired) electrons. The summed E-state index contributed by atoms with van der Waals surface area (Å²) in [6.07, 6.45) is 13.7. The molecule has 0 aliphatic rings. The summed E-state index contributed by atoms with van der Waals surface area (Å²) in [5.41, 5.74) is 0. The summed E-state index contributed by atoms with van der Waals surface area (Å²) in [6, 6.07) is 0.342. The van der Waals surface area contributed by atoms with Gasteiger partial charge in [0.1, 0.15) is 38.8 Å². The number of unbranched alkanes of at least 4 members (excludes halogenated alkanes) is 2. The lowest BCUT2D eigenvalue weighted by molar-refractivity contribution is 0.268. The number of ether oxygens (including phenoxy) is 3. The van der Waals surface area contributed by atoms with Crippen LogP contribution in [0.1, 0.15) is 39.5 Å². The van der Waals surface area contributed by atoms with Crippen molar-refractivity contribution in [1.82, 2.24) is 59.8 Å². The number of anilines is 1. The smallest absolute Gasteiger partial charge is 0.326 e. The van der Waals surface area contributed by atoms with Gasteiger partial charge in [0.15, 0.2) is 19.1 Å². The highest BCUT2D eigenvalue weighted by Crippen LogP contribution is 2.15. The van der Waals surface area contributed by atoms with Crippen molar-refractivity contribution in [2.24, 2.45) is 0 Å². The number of hydrogen-bond donors (Lipinski definition) is 5. The molecule has 50 heavy (non-hydrogen) atoms. The molecule has 5 N–H and O–H groups in total. The van der Waals surface area contributed by atoms with Crippen LogP contribution in [0.3, 0.4) is 0 Å². The summed E-state index contributed by atoms with van der Waals surface area (Å²) in [7, 11) is 0. The maximum absolute atomic E-state index is 5.20. The minimum absolute atomic E-state index is 0.114. The molecule has 0 amide bonds. The fourth-order valence-corrected chi connectivity index (χ4v) is 4.32. The van der Waals surface area contributed by atoms with Crippen molar-refractivity contribution in [3.8, 4) is 18.0 Å². The predicted molar refractivity (Wildman–Crippen MR) is 205 cm³/mol. The van der Waals surface area contributed by atoms with Crippen LogP contribution in [-0.4, -0.2) is 92.7 Å². The molecule has 0 unspecified atom stereocenters.